The van der Waals surface area contributed by atoms with E-state index in [4.69, 9.17) is 0 Å². The van der Waals surface area contributed by atoms with Crippen LogP contribution in [0, 0.1) is 11.3 Å². The monoisotopic (exact) mass is 229 g/mol. The van der Waals surface area contributed by atoms with E-state index < -0.39 is 0 Å². The van der Waals surface area contributed by atoms with Crippen LogP contribution in [-0.2, 0) is 6.54 Å². The lowest BCUT2D eigenvalue weighted by Crippen LogP contribution is -2.46. The molecule has 0 N–H and O–H groups in total. The van der Waals surface area contributed by atoms with Crippen LogP contribution in [0.25, 0.3) is 0 Å². The van der Waals surface area contributed by atoms with Gasteiger partial charge in [-0.05, 0) is 55.7 Å². The zero-order valence-electron chi connectivity index (χ0n) is 10.9. The molecule has 0 unspecified atom stereocenters. The summed E-state index contributed by atoms with van der Waals surface area (Å²) in [5.74, 6) is 0.996. The van der Waals surface area contributed by atoms with Crippen LogP contribution in [0.3, 0.4) is 0 Å². The first-order valence-electron chi connectivity index (χ1n) is 7.02. The molecule has 2 aliphatic rings. The zero-order chi connectivity index (χ0) is 11.7. The lowest BCUT2D eigenvalue weighted by atomic mass is 9.58. The summed E-state index contributed by atoms with van der Waals surface area (Å²) < 4.78 is 0. The maximum atomic E-state index is 2.63. The predicted octanol–water partition coefficient (Wildman–Crippen LogP) is 3.70. The molecule has 1 aromatic rings. The third-order valence-electron chi connectivity index (χ3n) is 4.73. The average Bonchev–Trinajstić information content (AvgIpc) is 2.32. The second-order valence-corrected chi connectivity index (χ2v) is 6.28. The largest absolute Gasteiger partial charge is 0.299 e. The molecule has 1 aromatic carbocycles. The van der Waals surface area contributed by atoms with Gasteiger partial charge in [0.2, 0.25) is 0 Å². The van der Waals surface area contributed by atoms with Gasteiger partial charge >= 0.3 is 0 Å². The molecule has 0 atom stereocenters. The second kappa shape index (κ2) is 4.45. The van der Waals surface area contributed by atoms with Gasteiger partial charge in [-0.15, -0.1) is 0 Å². The maximum absolute atomic E-state index is 2.63. The molecule has 3 rings (SSSR count). The van der Waals surface area contributed by atoms with E-state index in [1.54, 1.807) is 0 Å². The molecule has 0 aromatic heterocycles. The summed E-state index contributed by atoms with van der Waals surface area (Å²) >= 11 is 0. The smallest absolute Gasteiger partial charge is 0.0233 e. The first kappa shape index (κ1) is 11.3. The van der Waals surface area contributed by atoms with Crippen molar-refractivity contribution in [1.82, 2.24) is 4.90 Å². The number of hydrogen-bond acceptors (Lipinski definition) is 1. The molecule has 0 amide bonds. The van der Waals surface area contributed by atoms with Gasteiger partial charge in [-0.3, -0.25) is 4.90 Å². The Kier molecular flexibility index (Phi) is 2.96. The Bertz CT molecular complexity index is 354. The summed E-state index contributed by atoms with van der Waals surface area (Å²) in [6, 6.07) is 10.9. The van der Waals surface area contributed by atoms with Crippen LogP contribution in [-0.4, -0.2) is 18.0 Å². The van der Waals surface area contributed by atoms with Crippen molar-refractivity contribution in [2.45, 2.75) is 39.2 Å². The van der Waals surface area contributed by atoms with Gasteiger partial charge in [-0.1, -0.05) is 37.3 Å². The minimum atomic E-state index is 0.757. The van der Waals surface area contributed by atoms with Crippen LogP contribution in [0.1, 0.15) is 38.2 Å². The van der Waals surface area contributed by atoms with Crippen LogP contribution >= 0.6 is 0 Å². The van der Waals surface area contributed by atoms with Gasteiger partial charge in [0.15, 0.2) is 0 Å². The molecular formula is C16H23N. The molecule has 1 aliphatic heterocycles. The van der Waals surface area contributed by atoms with Crippen LogP contribution < -0.4 is 0 Å². The normalized spacial score (nSPS) is 24.8. The van der Waals surface area contributed by atoms with E-state index in [0.29, 0.717) is 0 Å². The number of hydrogen-bond donors (Lipinski definition) is 0. The zero-order valence-corrected chi connectivity index (χ0v) is 10.9. The van der Waals surface area contributed by atoms with Crippen molar-refractivity contribution in [2.24, 2.45) is 11.3 Å². The van der Waals surface area contributed by atoms with E-state index in [2.05, 4.69) is 42.2 Å². The summed E-state index contributed by atoms with van der Waals surface area (Å²) in [5, 5.41) is 0. The Morgan fingerprint density at radius 3 is 2.35 bits per heavy atom. The molecule has 1 heterocycles. The second-order valence-electron chi connectivity index (χ2n) is 6.28. The van der Waals surface area contributed by atoms with Crippen molar-refractivity contribution in [3.8, 4) is 0 Å². The maximum Gasteiger partial charge on any atom is 0.0233 e. The molecule has 92 valence electrons. The van der Waals surface area contributed by atoms with E-state index in [1.165, 1.54) is 44.3 Å². The van der Waals surface area contributed by atoms with Crippen molar-refractivity contribution >= 4 is 0 Å². The van der Waals surface area contributed by atoms with Gasteiger partial charge in [0.05, 0.1) is 0 Å². The first-order valence-corrected chi connectivity index (χ1v) is 7.02. The van der Waals surface area contributed by atoms with Gasteiger partial charge in [-0.25, -0.2) is 0 Å². The lowest BCUT2D eigenvalue weighted by Gasteiger charge is -2.51. The molecule has 1 saturated heterocycles. The fourth-order valence-electron chi connectivity index (χ4n) is 3.85. The Morgan fingerprint density at radius 2 is 1.76 bits per heavy atom. The fraction of sp³-hybridized carbons (Fsp3) is 0.625. The van der Waals surface area contributed by atoms with Crippen molar-refractivity contribution < 1.29 is 0 Å². The highest BCUT2D eigenvalue weighted by molar-refractivity contribution is 5.14. The number of likely N-dealkylation sites (tertiary alicyclic amines) is 1. The summed E-state index contributed by atoms with van der Waals surface area (Å²) in [4.78, 5) is 2.63. The number of rotatable bonds is 2. The lowest BCUT2D eigenvalue weighted by molar-refractivity contribution is -0.00794. The third kappa shape index (κ3) is 2.40. The highest BCUT2D eigenvalue weighted by atomic mass is 15.1. The summed E-state index contributed by atoms with van der Waals surface area (Å²) in [6.07, 6.45) is 5.85. The van der Waals surface area contributed by atoms with E-state index in [-0.39, 0.29) is 0 Å². The molecule has 0 radical (unpaired) electrons. The summed E-state index contributed by atoms with van der Waals surface area (Å²) in [6.45, 7) is 6.16. The highest BCUT2D eigenvalue weighted by Crippen LogP contribution is 2.52. The topological polar surface area (TPSA) is 3.24 Å². The molecule has 1 aliphatic carbocycles. The van der Waals surface area contributed by atoms with Gasteiger partial charge in [0.25, 0.3) is 0 Å². The van der Waals surface area contributed by atoms with Crippen LogP contribution in [0.15, 0.2) is 30.3 Å². The van der Waals surface area contributed by atoms with Gasteiger partial charge < -0.3 is 0 Å². The van der Waals surface area contributed by atoms with Gasteiger partial charge in [-0.2, -0.15) is 0 Å². The van der Waals surface area contributed by atoms with Crippen molar-refractivity contribution in [3.63, 3.8) is 0 Å². The average molecular weight is 229 g/mol. The van der Waals surface area contributed by atoms with Crippen LogP contribution in [0.2, 0.25) is 0 Å². The van der Waals surface area contributed by atoms with E-state index >= 15 is 0 Å². The first-order chi connectivity index (χ1) is 8.26. The van der Waals surface area contributed by atoms with E-state index in [1.807, 2.05) is 0 Å². The summed E-state index contributed by atoms with van der Waals surface area (Å²) in [5.41, 5.74) is 2.22. The minimum absolute atomic E-state index is 0.757. The number of piperidine rings is 1. The Hall–Kier alpha value is -0.820. The molecule has 0 bridgehead atoms. The minimum Gasteiger partial charge on any atom is -0.299 e. The van der Waals surface area contributed by atoms with E-state index in [0.717, 1.165) is 17.9 Å². The quantitative estimate of drug-likeness (QED) is 0.747. The molecule has 1 nitrogen and oxygen atoms in total. The molecule has 17 heavy (non-hydrogen) atoms. The molecular weight excluding hydrogens is 206 g/mol. The standard InChI is InChI=1S/C16H23N/c1-14-11-16(12-14)7-9-17(10-8-16)13-15-5-3-2-4-6-15/h2-6,14H,7-13H2,1H3. The highest BCUT2D eigenvalue weighted by Gasteiger charge is 2.43. The Labute approximate surface area is 105 Å². The van der Waals surface area contributed by atoms with Crippen molar-refractivity contribution in [2.75, 3.05) is 13.1 Å². The van der Waals surface area contributed by atoms with E-state index in [9.17, 15) is 0 Å². The molecule has 1 heteroatoms. The Morgan fingerprint density at radius 1 is 1.12 bits per heavy atom. The number of benzene rings is 1. The molecule has 1 spiro atoms. The van der Waals surface area contributed by atoms with Crippen LogP contribution in [0.5, 0.6) is 0 Å². The van der Waals surface area contributed by atoms with Gasteiger partial charge in [0.1, 0.15) is 0 Å². The predicted molar refractivity (Wildman–Crippen MR) is 71.8 cm³/mol. The van der Waals surface area contributed by atoms with Crippen molar-refractivity contribution in [1.29, 1.82) is 0 Å². The van der Waals surface area contributed by atoms with Gasteiger partial charge in [0, 0.05) is 6.54 Å². The van der Waals surface area contributed by atoms with Crippen LogP contribution in [0.4, 0.5) is 0 Å². The fourth-order valence-corrected chi connectivity index (χ4v) is 3.85. The Balaban J connectivity index is 1.52. The molecule has 1 saturated carbocycles. The molecule has 2 fully saturated rings. The SMILES string of the molecule is CC1CC2(CCN(Cc3ccccc3)CC2)C1. The third-order valence-corrected chi connectivity index (χ3v) is 4.73. The van der Waals surface area contributed by atoms with Crippen molar-refractivity contribution in [3.05, 3.63) is 35.9 Å². The number of nitrogens with zero attached hydrogens (tertiary/aromatic N) is 1. The summed E-state index contributed by atoms with van der Waals surface area (Å²) in [7, 11) is 0.